The van der Waals surface area contributed by atoms with Crippen LogP contribution in [0.25, 0.3) is 0 Å². The molecule has 4 heteroatoms. The summed E-state index contributed by atoms with van der Waals surface area (Å²) in [5.41, 5.74) is 5.59. The molecule has 1 rings (SSSR count). The molecule has 0 unspecified atom stereocenters. The number of hydrogen-bond donors (Lipinski definition) is 1. The molecule has 0 atom stereocenters. The third kappa shape index (κ3) is 6.39. The van der Waals surface area contributed by atoms with E-state index in [1.165, 1.54) is 32.1 Å². The summed E-state index contributed by atoms with van der Waals surface area (Å²) < 4.78 is 5.30. The summed E-state index contributed by atoms with van der Waals surface area (Å²) in [6.45, 7) is 4.90. The highest BCUT2D eigenvalue weighted by molar-refractivity contribution is 5.76. The molecule has 1 aliphatic carbocycles. The predicted molar refractivity (Wildman–Crippen MR) is 78.0 cm³/mol. The van der Waals surface area contributed by atoms with Crippen molar-refractivity contribution in [3.63, 3.8) is 0 Å². The summed E-state index contributed by atoms with van der Waals surface area (Å²) in [5.74, 6) is 0.292. The molecular weight excluding hydrogens is 240 g/mol. The van der Waals surface area contributed by atoms with Crippen molar-refractivity contribution in [1.29, 1.82) is 0 Å². The molecule has 0 heterocycles. The van der Waals surface area contributed by atoms with Gasteiger partial charge in [0, 0.05) is 32.2 Å². The van der Waals surface area contributed by atoms with Gasteiger partial charge in [0.1, 0.15) is 0 Å². The second-order valence-corrected chi connectivity index (χ2v) is 5.32. The van der Waals surface area contributed by atoms with Crippen molar-refractivity contribution in [3.8, 4) is 0 Å². The summed E-state index contributed by atoms with van der Waals surface area (Å²) in [6.07, 6.45) is 8.53. The Labute approximate surface area is 117 Å². The van der Waals surface area contributed by atoms with E-state index in [2.05, 4.69) is 4.90 Å². The number of rotatable bonds is 9. The van der Waals surface area contributed by atoms with E-state index in [-0.39, 0.29) is 0 Å². The fraction of sp³-hybridized carbons (Fsp3) is 0.933. The largest absolute Gasteiger partial charge is 0.382 e. The lowest BCUT2D eigenvalue weighted by molar-refractivity contribution is -0.134. The second kappa shape index (κ2) is 10.2. The standard InChI is InChI=1S/C15H30N2O2/c1-2-19-13-6-10-15(18)17(12-7-11-16)14-8-4-3-5-9-14/h14H,2-13,16H2,1H3. The SMILES string of the molecule is CCOCCCC(=O)N(CCCN)C1CCCCC1. The van der Waals surface area contributed by atoms with Crippen LogP contribution in [0.2, 0.25) is 0 Å². The fourth-order valence-corrected chi connectivity index (χ4v) is 2.78. The van der Waals surface area contributed by atoms with Gasteiger partial charge < -0.3 is 15.4 Å². The van der Waals surface area contributed by atoms with Crippen molar-refractivity contribution in [2.45, 2.75) is 64.3 Å². The van der Waals surface area contributed by atoms with E-state index in [9.17, 15) is 4.79 Å². The molecule has 0 radical (unpaired) electrons. The molecule has 1 amide bonds. The van der Waals surface area contributed by atoms with E-state index in [0.717, 1.165) is 26.0 Å². The Morgan fingerprint density at radius 3 is 2.63 bits per heavy atom. The monoisotopic (exact) mass is 270 g/mol. The van der Waals surface area contributed by atoms with Crippen LogP contribution in [-0.4, -0.2) is 43.2 Å². The van der Waals surface area contributed by atoms with Crippen molar-refractivity contribution in [2.24, 2.45) is 5.73 Å². The van der Waals surface area contributed by atoms with E-state index in [1.807, 2.05) is 6.92 Å². The highest BCUT2D eigenvalue weighted by Crippen LogP contribution is 2.23. The molecule has 0 bridgehead atoms. The molecule has 0 saturated heterocycles. The Morgan fingerprint density at radius 1 is 1.26 bits per heavy atom. The van der Waals surface area contributed by atoms with Crippen LogP contribution in [0, 0.1) is 0 Å². The summed E-state index contributed by atoms with van der Waals surface area (Å²) >= 11 is 0. The molecule has 0 aromatic rings. The molecule has 4 nitrogen and oxygen atoms in total. The Kier molecular flexibility index (Phi) is 8.84. The average molecular weight is 270 g/mol. The Hall–Kier alpha value is -0.610. The number of carbonyl (C=O) groups is 1. The molecule has 112 valence electrons. The van der Waals surface area contributed by atoms with E-state index in [0.29, 0.717) is 31.5 Å². The molecular formula is C15H30N2O2. The summed E-state index contributed by atoms with van der Waals surface area (Å²) in [7, 11) is 0. The zero-order valence-corrected chi connectivity index (χ0v) is 12.4. The first-order valence-electron chi connectivity index (χ1n) is 7.86. The normalized spacial score (nSPS) is 16.5. The maximum absolute atomic E-state index is 12.3. The fourth-order valence-electron chi connectivity index (χ4n) is 2.78. The predicted octanol–water partition coefficient (Wildman–Crippen LogP) is 2.31. The van der Waals surface area contributed by atoms with Gasteiger partial charge in [-0.1, -0.05) is 19.3 Å². The lowest BCUT2D eigenvalue weighted by Gasteiger charge is -2.34. The Balaban J connectivity index is 2.39. The van der Waals surface area contributed by atoms with Gasteiger partial charge in [0.15, 0.2) is 0 Å². The van der Waals surface area contributed by atoms with Gasteiger partial charge in [0.05, 0.1) is 0 Å². The van der Waals surface area contributed by atoms with Crippen LogP contribution in [0.5, 0.6) is 0 Å². The lowest BCUT2D eigenvalue weighted by atomic mass is 9.93. The quantitative estimate of drug-likeness (QED) is 0.654. The molecule has 0 aromatic heterocycles. The van der Waals surface area contributed by atoms with Gasteiger partial charge in [-0.25, -0.2) is 0 Å². The van der Waals surface area contributed by atoms with Crippen LogP contribution in [-0.2, 0) is 9.53 Å². The number of hydrogen-bond acceptors (Lipinski definition) is 3. The first-order valence-corrected chi connectivity index (χ1v) is 7.86. The molecule has 0 aromatic carbocycles. The van der Waals surface area contributed by atoms with Gasteiger partial charge in [-0.15, -0.1) is 0 Å². The minimum atomic E-state index is 0.292. The van der Waals surface area contributed by atoms with Crippen LogP contribution < -0.4 is 5.73 Å². The molecule has 0 aliphatic heterocycles. The average Bonchev–Trinajstić information content (AvgIpc) is 2.45. The maximum Gasteiger partial charge on any atom is 0.222 e. The summed E-state index contributed by atoms with van der Waals surface area (Å²) in [6, 6.07) is 0.458. The third-order valence-electron chi connectivity index (χ3n) is 3.82. The van der Waals surface area contributed by atoms with Crippen LogP contribution in [0.3, 0.4) is 0 Å². The summed E-state index contributed by atoms with van der Waals surface area (Å²) in [5, 5.41) is 0. The Morgan fingerprint density at radius 2 is 2.00 bits per heavy atom. The van der Waals surface area contributed by atoms with Gasteiger partial charge in [-0.05, 0) is 39.2 Å². The molecule has 19 heavy (non-hydrogen) atoms. The first-order chi connectivity index (χ1) is 9.29. The highest BCUT2D eigenvalue weighted by Gasteiger charge is 2.24. The number of ether oxygens (including phenoxy) is 1. The zero-order chi connectivity index (χ0) is 13.9. The number of amides is 1. The maximum atomic E-state index is 12.3. The third-order valence-corrected chi connectivity index (χ3v) is 3.82. The van der Waals surface area contributed by atoms with Gasteiger partial charge in [-0.3, -0.25) is 4.79 Å². The van der Waals surface area contributed by atoms with Gasteiger partial charge in [-0.2, -0.15) is 0 Å². The van der Waals surface area contributed by atoms with Crippen molar-refractivity contribution in [2.75, 3.05) is 26.3 Å². The Bertz CT molecular complexity index is 240. The topological polar surface area (TPSA) is 55.6 Å². The van der Waals surface area contributed by atoms with Crippen LogP contribution in [0.1, 0.15) is 58.3 Å². The molecule has 1 aliphatic rings. The zero-order valence-electron chi connectivity index (χ0n) is 12.4. The van der Waals surface area contributed by atoms with Gasteiger partial charge >= 0.3 is 0 Å². The van der Waals surface area contributed by atoms with Crippen molar-refractivity contribution < 1.29 is 9.53 Å². The minimum absolute atomic E-state index is 0.292. The van der Waals surface area contributed by atoms with E-state index in [1.54, 1.807) is 0 Å². The molecule has 1 saturated carbocycles. The minimum Gasteiger partial charge on any atom is -0.382 e. The second-order valence-electron chi connectivity index (χ2n) is 5.32. The van der Waals surface area contributed by atoms with Crippen molar-refractivity contribution in [3.05, 3.63) is 0 Å². The van der Waals surface area contributed by atoms with Crippen molar-refractivity contribution in [1.82, 2.24) is 4.90 Å². The van der Waals surface area contributed by atoms with E-state index in [4.69, 9.17) is 10.5 Å². The molecule has 2 N–H and O–H groups in total. The smallest absolute Gasteiger partial charge is 0.222 e. The van der Waals surface area contributed by atoms with Crippen LogP contribution in [0.4, 0.5) is 0 Å². The van der Waals surface area contributed by atoms with Gasteiger partial charge in [0.25, 0.3) is 0 Å². The van der Waals surface area contributed by atoms with Crippen LogP contribution in [0.15, 0.2) is 0 Å². The van der Waals surface area contributed by atoms with Crippen LogP contribution >= 0.6 is 0 Å². The molecule has 0 spiro atoms. The first kappa shape index (κ1) is 16.4. The number of nitrogens with zero attached hydrogens (tertiary/aromatic N) is 1. The van der Waals surface area contributed by atoms with Crippen molar-refractivity contribution >= 4 is 5.91 Å². The van der Waals surface area contributed by atoms with Gasteiger partial charge in [0.2, 0.25) is 5.91 Å². The molecule has 1 fully saturated rings. The number of carbonyl (C=O) groups excluding carboxylic acids is 1. The lowest BCUT2D eigenvalue weighted by Crippen LogP contribution is -2.42. The number of nitrogens with two attached hydrogens (primary N) is 1. The van der Waals surface area contributed by atoms with E-state index < -0.39 is 0 Å². The van der Waals surface area contributed by atoms with E-state index >= 15 is 0 Å². The summed E-state index contributed by atoms with van der Waals surface area (Å²) in [4.78, 5) is 14.4. The highest BCUT2D eigenvalue weighted by atomic mass is 16.5.